The largest absolute Gasteiger partial charge is 0.417 e. The molecule has 0 aliphatic carbocycles. The summed E-state index contributed by atoms with van der Waals surface area (Å²) in [5.41, 5.74) is -0.755. The molecule has 0 saturated carbocycles. The van der Waals surface area contributed by atoms with Crippen molar-refractivity contribution in [3.05, 3.63) is 29.3 Å². The van der Waals surface area contributed by atoms with Gasteiger partial charge in [-0.3, -0.25) is 0 Å². The second-order valence-corrected chi connectivity index (χ2v) is 4.68. The number of likely N-dealkylation sites (N-methyl/N-ethyl adjacent to an activating group) is 1. The number of nitrogens with zero attached hydrogens (tertiary/aromatic N) is 2. The van der Waals surface area contributed by atoms with Crippen LogP contribution in [0.3, 0.4) is 0 Å². The van der Waals surface area contributed by atoms with Gasteiger partial charge in [-0.2, -0.15) is 18.4 Å². The van der Waals surface area contributed by atoms with Gasteiger partial charge in [0.25, 0.3) is 0 Å². The number of rotatable bonds is 4. The predicted octanol–water partition coefficient (Wildman–Crippen LogP) is 2.94. The van der Waals surface area contributed by atoms with E-state index in [0.29, 0.717) is 5.69 Å². The molecule has 0 heterocycles. The first-order valence-corrected chi connectivity index (χ1v) is 5.76. The van der Waals surface area contributed by atoms with E-state index in [0.717, 1.165) is 12.6 Å². The van der Waals surface area contributed by atoms with Gasteiger partial charge < -0.3 is 10.2 Å². The van der Waals surface area contributed by atoms with Crippen LogP contribution in [0, 0.1) is 11.3 Å². The highest BCUT2D eigenvalue weighted by molar-refractivity contribution is 5.54. The molecule has 0 aliphatic heterocycles. The quantitative estimate of drug-likeness (QED) is 0.915. The van der Waals surface area contributed by atoms with Crippen LogP contribution >= 0.6 is 0 Å². The number of benzene rings is 1. The molecule has 0 amide bonds. The summed E-state index contributed by atoms with van der Waals surface area (Å²) in [6, 6.07) is 5.16. The molecular formula is C13H16F3N3. The maximum atomic E-state index is 12.6. The summed E-state index contributed by atoms with van der Waals surface area (Å²) in [7, 11) is 3.82. The summed E-state index contributed by atoms with van der Waals surface area (Å²) in [5.74, 6) is 0. The van der Waals surface area contributed by atoms with Crippen molar-refractivity contribution in [3.8, 4) is 6.07 Å². The summed E-state index contributed by atoms with van der Waals surface area (Å²) >= 11 is 0. The molecule has 0 aliphatic rings. The average Bonchev–Trinajstić information content (AvgIpc) is 2.25. The Hall–Kier alpha value is -1.74. The Balaban J connectivity index is 2.93. The second-order valence-electron chi connectivity index (χ2n) is 4.68. The van der Waals surface area contributed by atoms with Gasteiger partial charge in [-0.1, -0.05) is 0 Å². The van der Waals surface area contributed by atoms with Gasteiger partial charge in [0.1, 0.15) is 0 Å². The minimum Gasteiger partial charge on any atom is -0.381 e. The molecular weight excluding hydrogens is 255 g/mol. The lowest BCUT2D eigenvalue weighted by Crippen LogP contribution is -2.29. The van der Waals surface area contributed by atoms with Gasteiger partial charge in [-0.25, -0.2) is 0 Å². The van der Waals surface area contributed by atoms with E-state index in [1.165, 1.54) is 12.1 Å². The molecule has 6 heteroatoms. The lowest BCUT2D eigenvalue weighted by molar-refractivity contribution is -0.137. The molecule has 104 valence electrons. The highest BCUT2D eigenvalue weighted by Crippen LogP contribution is 2.33. The van der Waals surface area contributed by atoms with Gasteiger partial charge in [-0.05, 0) is 39.2 Å². The van der Waals surface area contributed by atoms with Gasteiger partial charge in [0.05, 0.1) is 17.2 Å². The smallest absolute Gasteiger partial charge is 0.381 e. The van der Waals surface area contributed by atoms with E-state index in [1.54, 1.807) is 6.07 Å². The van der Waals surface area contributed by atoms with Crippen molar-refractivity contribution in [1.82, 2.24) is 4.90 Å². The third kappa shape index (κ3) is 4.45. The molecule has 1 aromatic carbocycles. The van der Waals surface area contributed by atoms with Crippen molar-refractivity contribution in [2.45, 2.75) is 19.1 Å². The standard InChI is InChI=1S/C13H16F3N3/c1-9(8-19(2)3)18-11-4-5-12(13(14,15)16)10(6-11)7-17/h4-6,9,18H,8H2,1-3H3. The summed E-state index contributed by atoms with van der Waals surface area (Å²) in [6.45, 7) is 2.66. The lowest BCUT2D eigenvalue weighted by Gasteiger charge is -2.20. The van der Waals surface area contributed by atoms with Crippen molar-refractivity contribution in [1.29, 1.82) is 5.26 Å². The van der Waals surface area contributed by atoms with Crippen molar-refractivity contribution in [2.24, 2.45) is 0 Å². The number of hydrogen-bond acceptors (Lipinski definition) is 3. The van der Waals surface area contributed by atoms with E-state index in [1.807, 2.05) is 25.9 Å². The van der Waals surface area contributed by atoms with Gasteiger partial charge in [0.15, 0.2) is 0 Å². The molecule has 0 spiro atoms. The molecule has 1 aromatic rings. The fourth-order valence-corrected chi connectivity index (χ4v) is 1.85. The van der Waals surface area contributed by atoms with Crippen molar-refractivity contribution < 1.29 is 13.2 Å². The van der Waals surface area contributed by atoms with E-state index in [4.69, 9.17) is 5.26 Å². The molecule has 1 unspecified atom stereocenters. The number of nitrogens with one attached hydrogen (secondary N) is 1. The van der Waals surface area contributed by atoms with Crippen LogP contribution < -0.4 is 5.32 Å². The minimum absolute atomic E-state index is 0.0679. The van der Waals surface area contributed by atoms with Gasteiger partial charge >= 0.3 is 6.18 Å². The summed E-state index contributed by atoms with van der Waals surface area (Å²) in [4.78, 5) is 1.97. The van der Waals surface area contributed by atoms with Crippen LogP contribution in [-0.2, 0) is 6.18 Å². The molecule has 1 atom stereocenters. The summed E-state index contributed by atoms with van der Waals surface area (Å²) in [6.07, 6.45) is -4.50. The van der Waals surface area contributed by atoms with Gasteiger partial charge in [0.2, 0.25) is 0 Å². The number of halogens is 3. The van der Waals surface area contributed by atoms with E-state index < -0.39 is 11.7 Å². The third-order valence-corrected chi connectivity index (χ3v) is 2.50. The maximum Gasteiger partial charge on any atom is 0.417 e. The van der Waals surface area contributed by atoms with Crippen LogP contribution in [0.4, 0.5) is 18.9 Å². The first-order chi connectivity index (χ1) is 8.74. The summed E-state index contributed by atoms with van der Waals surface area (Å²) < 4.78 is 37.9. The van der Waals surface area contributed by atoms with Crippen molar-refractivity contribution in [3.63, 3.8) is 0 Å². The van der Waals surface area contributed by atoms with Gasteiger partial charge in [-0.15, -0.1) is 0 Å². The molecule has 1 rings (SSSR count). The van der Waals surface area contributed by atoms with Crippen LogP contribution in [0.2, 0.25) is 0 Å². The van der Waals surface area contributed by atoms with E-state index in [9.17, 15) is 13.2 Å². The average molecular weight is 271 g/mol. The highest BCUT2D eigenvalue weighted by Gasteiger charge is 2.33. The Kier molecular flexibility index (Phi) is 4.78. The van der Waals surface area contributed by atoms with Crippen LogP contribution in [0.5, 0.6) is 0 Å². The van der Waals surface area contributed by atoms with Crippen molar-refractivity contribution >= 4 is 5.69 Å². The van der Waals surface area contributed by atoms with Crippen molar-refractivity contribution in [2.75, 3.05) is 26.0 Å². The third-order valence-electron chi connectivity index (χ3n) is 2.50. The molecule has 0 radical (unpaired) electrons. The van der Waals surface area contributed by atoms with Crippen LogP contribution in [-0.4, -0.2) is 31.6 Å². The lowest BCUT2D eigenvalue weighted by atomic mass is 10.1. The number of anilines is 1. The molecule has 0 aromatic heterocycles. The molecule has 1 N–H and O–H groups in total. The number of nitriles is 1. The zero-order valence-electron chi connectivity index (χ0n) is 11.0. The normalized spacial score (nSPS) is 13.2. The fraction of sp³-hybridized carbons (Fsp3) is 0.462. The first-order valence-electron chi connectivity index (χ1n) is 5.76. The highest BCUT2D eigenvalue weighted by atomic mass is 19.4. The predicted molar refractivity (Wildman–Crippen MR) is 67.8 cm³/mol. The number of hydrogen-bond donors (Lipinski definition) is 1. The second kappa shape index (κ2) is 5.93. The Bertz CT molecular complexity index is 475. The molecule has 0 saturated heterocycles. The molecule has 3 nitrogen and oxygen atoms in total. The van der Waals surface area contributed by atoms with E-state index >= 15 is 0 Å². The van der Waals surface area contributed by atoms with Crippen LogP contribution in [0.1, 0.15) is 18.1 Å². The van der Waals surface area contributed by atoms with Gasteiger partial charge in [0, 0.05) is 18.3 Å². The Morgan fingerprint density at radius 1 is 1.37 bits per heavy atom. The van der Waals surface area contributed by atoms with E-state index in [2.05, 4.69) is 5.32 Å². The van der Waals surface area contributed by atoms with Crippen LogP contribution in [0.25, 0.3) is 0 Å². The molecule has 0 bridgehead atoms. The molecule has 0 fully saturated rings. The molecule has 19 heavy (non-hydrogen) atoms. The zero-order valence-corrected chi connectivity index (χ0v) is 11.0. The maximum absolute atomic E-state index is 12.6. The monoisotopic (exact) mass is 271 g/mol. The Morgan fingerprint density at radius 3 is 2.47 bits per heavy atom. The fourth-order valence-electron chi connectivity index (χ4n) is 1.85. The number of alkyl halides is 3. The van der Waals surface area contributed by atoms with E-state index in [-0.39, 0.29) is 11.6 Å². The summed E-state index contributed by atoms with van der Waals surface area (Å²) in [5, 5.41) is 11.9. The minimum atomic E-state index is -4.50. The van der Waals surface area contributed by atoms with Crippen LogP contribution in [0.15, 0.2) is 18.2 Å². The first kappa shape index (κ1) is 15.3. The zero-order chi connectivity index (χ0) is 14.6. The Morgan fingerprint density at radius 2 is 2.00 bits per heavy atom. The topological polar surface area (TPSA) is 39.1 Å². The Labute approximate surface area is 110 Å². The SMILES string of the molecule is CC(CN(C)C)Nc1ccc(C(F)(F)F)c(C#N)c1.